The highest BCUT2D eigenvalue weighted by Gasteiger charge is 2.18. The van der Waals surface area contributed by atoms with Crippen LogP contribution in [0.1, 0.15) is 70.9 Å². The fourth-order valence-electron chi connectivity index (χ4n) is 2.32. The van der Waals surface area contributed by atoms with Gasteiger partial charge >= 0.3 is 0 Å². The molecule has 0 aromatic heterocycles. The van der Waals surface area contributed by atoms with E-state index in [4.69, 9.17) is 5.73 Å². The molecule has 1 fully saturated rings. The Hall–Kier alpha value is -1.12. The van der Waals surface area contributed by atoms with Crippen molar-refractivity contribution in [1.82, 2.24) is 4.90 Å². The molecule has 2 heteroatoms. The van der Waals surface area contributed by atoms with E-state index in [0.717, 1.165) is 5.92 Å². The van der Waals surface area contributed by atoms with Gasteiger partial charge in [0.05, 0.1) is 0 Å². The maximum absolute atomic E-state index is 5.66. The van der Waals surface area contributed by atoms with Gasteiger partial charge in [0.2, 0.25) is 0 Å². The Morgan fingerprint density at radius 1 is 1.22 bits per heavy atom. The van der Waals surface area contributed by atoms with Gasteiger partial charge in [-0.3, -0.25) is 0 Å². The van der Waals surface area contributed by atoms with E-state index < -0.39 is 0 Å². The van der Waals surface area contributed by atoms with E-state index in [0.29, 0.717) is 6.54 Å². The predicted octanol–water partition coefficient (Wildman–Crippen LogP) is 5.59. The molecule has 1 aliphatic rings. The lowest BCUT2D eigenvalue weighted by molar-refractivity contribution is 0.255. The Kier molecular flexibility index (Phi) is 18.1. The lowest BCUT2D eigenvalue weighted by Gasteiger charge is -2.29. The monoisotopic (exact) mass is 320 g/mol. The van der Waals surface area contributed by atoms with Crippen molar-refractivity contribution in [2.75, 3.05) is 20.1 Å². The van der Waals surface area contributed by atoms with E-state index >= 15 is 0 Å². The molecule has 2 N–H and O–H groups in total. The van der Waals surface area contributed by atoms with Crippen LogP contribution in [0.25, 0.3) is 0 Å². The summed E-state index contributed by atoms with van der Waals surface area (Å²) in [4.78, 5) is 2.41. The van der Waals surface area contributed by atoms with Gasteiger partial charge in [0, 0.05) is 6.54 Å². The second-order valence-corrected chi connectivity index (χ2v) is 5.64. The first-order valence-electron chi connectivity index (χ1n) is 9.17. The van der Waals surface area contributed by atoms with Crippen LogP contribution >= 0.6 is 0 Å². The lowest BCUT2D eigenvalue weighted by atomic mass is 9.89. The van der Waals surface area contributed by atoms with Crippen LogP contribution in [0.5, 0.6) is 0 Å². The summed E-state index contributed by atoms with van der Waals surface area (Å²) >= 11 is 0. The molecule has 0 atom stereocenters. The molecule has 0 bridgehead atoms. The van der Waals surface area contributed by atoms with Crippen LogP contribution < -0.4 is 5.73 Å². The highest BCUT2D eigenvalue weighted by Crippen LogP contribution is 2.27. The summed E-state index contributed by atoms with van der Waals surface area (Å²) in [5.74, 6) is 0.743. The molecule has 1 aromatic carbocycles. The first-order valence-corrected chi connectivity index (χ1v) is 9.17. The molecule has 0 spiro atoms. The van der Waals surface area contributed by atoms with E-state index in [1.54, 1.807) is 6.08 Å². The fraction of sp³-hybridized carbons (Fsp3) is 0.619. The molecule has 0 amide bonds. The van der Waals surface area contributed by atoms with Gasteiger partial charge in [-0.2, -0.15) is 0 Å². The van der Waals surface area contributed by atoms with Crippen molar-refractivity contribution in [3.63, 3.8) is 0 Å². The zero-order valence-corrected chi connectivity index (χ0v) is 16.4. The van der Waals surface area contributed by atoms with E-state index in [1.165, 1.54) is 43.5 Å². The van der Waals surface area contributed by atoms with Crippen LogP contribution in [-0.2, 0) is 6.54 Å². The summed E-state index contributed by atoms with van der Waals surface area (Å²) in [5, 5.41) is 0. The molecular weight excluding hydrogens is 280 g/mol. The summed E-state index contributed by atoms with van der Waals surface area (Å²) in [5.41, 5.74) is 8.40. The number of benzene rings is 1. The Bertz CT molecular complexity index is 366. The molecule has 23 heavy (non-hydrogen) atoms. The molecule has 0 saturated carbocycles. The van der Waals surface area contributed by atoms with Gasteiger partial charge in [0.1, 0.15) is 0 Å². The summed E-state index contributed by atoms with van der Waals surface area (Å²) in [6.45, 7) is 16.6. The van der Waals surface area contributed by atoms with Crippen molar-refractivity contribution < 1.29 is 0 Å². The quantitative estimate of drug-likeness (QED) is 0.720. The average Bonchev–Trinajstić information content (AvgIpc) is 2.59. The second kappa shape index (κ2) is 17.2. The largest absolute Gasteiger partial charge is 0.326 e. The number of hydrogen-bond acceptors (Lipinski definition) is 2. The minimum atomic E-state index is 0.653. The Labute approximate surface area is 145 Å². The zero-order valence-electron chi connectivity index (χ0n) is 16.4. The number of allylic oxidation sites excluding steroid dienone is 1. The third-order valence-corrected chi connectivity index (χ3v) is 3.38. The van der Waals surface area contributed by atoms with Crippen molar-refractivity contribution >= 4 is 0 Å². The van der Waals surface area contributed by atoms with Crippen LogP contribution in [0.3, 0.4) is 0 Å². The summed E-state index contributed by atoms with van der Waals surface area (Å²) in [6.07, 6.45) is 5.56. The first kappa shape index (κ1) is 24.1. The Balaban J connectivity index is 0. The standard InChI is InChI=1S/C13H20N2.C3H8.C3H6.C2H6/c1-15-7-5-12(6-8-15)13-4-2-3-11(9-13)10-14;2*1-3-2;1-2/h2-4,9,12H,5-8,10,14H2,1H3;3H2,1-2H3;3H,1H2,2H3;1-2H3. The van der Waals surface area contributed by atoms with Gasteiger partial charge < -0.3 is 10.6 Å². The van der Waals surface area contributed by atoms with Crippen molar-refractivity contribution in [3.05, 3.63) is 48.0 Å². The number of rotatable bonds is 2. The zero-order chi connectivity index (χ0) is 18.1. The molecule has 1 heterocycles. The minimum absolute atomic E-state index is 0.653. The normalized spacial score (nSPS) is 14.2. The van der Waals surface area contributed by atoms with Gasteiger partial charge in [0.15, 0.2) is 0 Å². The van der Waals surface area contributed by atoms with Crippen molar-refractivity contribution in [2.45, 2.75) is 66.3 Å². The fourth-order valence-corrected chi connectivity index (χ4v) is 2.32. The molecule has 0 radical (unpaired) electrons. The first-order chi connectivity index (χ1) is 11.1. The second-order valence-electron chi connectivity index (χ2n) is 5.64. The van der Waals surface area contributed by atoms with E-state index in [-0.39, 0.29) is 0 Å². The average molecular weight is 321 g/mol. The van der Waals surface area contributed by atoms with Gasteiger partial charge in [0.25, 0.3) is 0 Å². The Morgan fingerprint density at radius 3 is 2.13 bits per heavy atom. The number of nitrogens with two attached hydrogens (primary N) is 1. The number of hydrogen-bond donors (Lipinski definition) is 1. The van der Waals surface area contributed by atoms with E-state index in [9.17, 15) is 0 Å². The predicted molar refractivity (Wildman–Crippen MR) is 107 cm³/mol. The number of piperidine rings is 1. The molecular formula is C21H40N2. The summed E-state index contributed by atoms with van der Waals surface area (Å²) < 4.78 is 0. The summed E-state index contributed by atoms with van der Waals surface area (Å²) in [7, 11) is 2.20. The van der Waals surface area contributed by atoms with Crippen LogP contribution in [-0.4, -0.2) is 25.0 Å². The highest BCUT2D eigenvalue weighted by molar-refractivity contribution is 5.26. The maximum Gasteiger partial charge on any atom is 0.0178 e. The highest BCUT2D eigenvalue weighted by atomic mass is 15.1. The minimum Gasteiger partial charge on any atom is -0.326 e. The SMILES string of the molecule is C=CC.CC.CCC.CN1CCC(c2cccc(CN)c2)CC1. The van der Waals surface area contributed by atoms with Crippen LogP contribution in [0.15, 0.2) is 36.9 Å². The van der Waals surface area contributed by atoms with Crippen LogP contribution in [0, 0.1) is 0 Å². The van der Waals surface area contributed by atoms with Gasteiger partial charge in [-0.15, -0.1) is 6.58 Å². The van der Waals surface area contributed by atoms with E-state index in [1.807, 2.05) is 20.8 Å². The third kappa shape index (κ3) is 12.0. The van der Waals surface area contributed by atoms with Crippen molar-refractivity contribution in [1.29, 1.82) is 0 Å². The van der Waals surface area contributed by atoms with Crippen LogP contribution in [0.4, 0.5) is 0 Å². The smallest absolute Gasteiger partial charge is 0.0178 e. The van der Waals surface area contributed by atoms with E-state index in [2.05, 4.69) is 56.6 Å². The molecule has 0 aliphatic carbocycles. The molecule has 2 nitrogen and oxygen atoms in total. The van der Waals surface area contributed by atoms with Crippen molar-refractivity contribution in [2.24, 2.45) is 5.73 Å². The van der Waals surface area contributed by atoms with Gasteiger partial charge in [-0.1, -0.05) is 64.5 Å². The molecule has 1 aromatic rings. The van der Waals surface area contributed by atoms with Crippen LogP contribution in [0.2, 0.25) is 0 Å². The maximum atomic E-state index is 5.66. The number of nitrogens with zero attached hydrogens (tertiary/aromatic N) is 1. The molecule has 1 aliphatic heterocycles. The lowest BCUT2D eigenvalue weighted by Crippen LogP contribution is -2.29. The Morgan fingerprint density at radius 2 is 1.70 bits per heavy atom. The van der Waals surface area contributed by atoms with Gasteiger partial charge in [-0.05, 0) is 56.9 Å². The molecule has 2 rings (SSSR count). The van der Waals surface area contributed by atoms with Crippen molar-refractivity contribution in [3.8, 4) is 0 Å². The summed E-state index contributed by atoms with van der Waals surface area (Å²) in [6, 6.07) is 8.76. The topological polar surface area (TPSA) is 29.3 Å². The molecule has 0 unspecified atom stereocenters. The molecule has 134 valence electrons. The third-order valence-electron chi connectivity index (χ3n) is 3.38. The molecule has 1 saturated heterocycles. The van der Waals surface area contributed by atoms with Gasteiger partial charge in [-0.25, -0.2) is 0 Å². The number of likely N-dealkylation sites (tertiary alicyclic amines) is 1.